The van der Waals surface area contributed by atoms with E-state index in [1.54, 1.807) is 60.7 Å². The van der Waals surface area contributed by atoms with Crippen LogP contribution in [0.3, 0.4) is 0 Å². The second-order valence-electron chi connectivity index (χ2n) is 9.60. The van der Waals surface area contributed by atoms with Crippen molar-refractivity contribution in [1.82, 2.24) is 10.2 Å². The van der Waals surface area contributed by atoms with E-state index in [0.29, 0.717) is 21.4 Å². The molecule has 43 heavy (non-hydrogen) atoms. The van der Waals surface area contributed by atoms with Crippen molar-refractivity contribution >= 4 is 50.7 Å². The minimum Gasteiger partial charge on any atom is -0.497 e. The molecular formula is C32H31Cl2N3O5S. The van der Waals surface area contributed by atoms with E-state index in [1.807, 2.05) is 30.3 Å². The van der Waals surface area contributed by atoms with E-state index in [9.17, 15) is 18.0 Å². The zero-order valence-corrected chi connectivity index (χ0v) is 25.9. The van der Waals surface area contributed by atoms with Crippen LogP contribution in [0.1, 0.15) is 11.1 Å². The fourth-order valence-electron chi connectivity index (χ4n) is 4.55. The maximum Gasteiger partial charge on any atom is 0.264 e. The molecule has 2 amide bonds. The Morgan fingerprint density at radius 2 is 1.51 bits per heavy atom. The van der Waals surface area contributed by atoms with Gasteiger partial charge < -0.3 is 15.0 Å². The summed E-state index contributed by atoms with van der Waals surface area (Å²) in [6.07, 6.45) is 0.186. The molecule has 8 nitrogen and oxygen atoms in total. The fraction of sp³-hybridized carbons (Fsp3) is 0.188. The molecular weight excluding hydrogens is 609 g/mol. The van der Waals surface area contributed by atoms with Crippen molar-refractivity contribution in [1.29, 1.82) is 0 Å². The number of likely N-dealkylation sites (N-methyl/N-ethyl adjacent to an activating group) is 1. The number of carbonyl (C=O) groups is 2. The average Bonchev–Trinajstić information content (AvgIpc) is 3.03. The Balaban J connectivity index is 1.80. The van der Waals surface area contributed by atoms with Crippen molar-refractivity contribution in [2.24, 2.45) is 0 Å². The zero-order chi connectivity index (χ0) is 31.0. The molecule has 0 bridgehead atoms. The summed E-state index contributed by atoms with van der Waals surface area (Å²) in [7, 11) is -1.21. The minimum atomic E-state index is -4.20. The molecule has 0 fully saturated rings. The van der Waals surface area contributed by atoms with E-state index in [4.69, 9.17) is 27.9 Å². The van der Waals surface area contributed by atoms with E-state index in [0.717, 1.165) is 9.87 Å². The van der Waals surface area contributed by atoms with Gasteiger partial charge in [0.2, 0.25) is 11.8 Å². The number of carbonyl (C=O) groups excluding carboxylic acids is 2. The molecule has 0 saturated carbocycles. The maximum atomic E-state index is 14.3. The Kier molecular flexibility index (Phi) is 10.7. The summed E-state index contributed by atoms with van der Waals surface area (Å²) in [4.78, 5) is 29.0. The molecule has 0 unspecified atom stereocenters. The maximum absolute atomic E-state index is 14.3. The van der Waals surface area contributed by atoms with Gasteiger partial charge in [0.05, 0.1) is 17.7 Å². The molecule has 11 heteroatoms. The van der Waals surface area contributed by atoms with Gasteiger partial charge in [0.15, 0.2) is 0 Å². The molecule has 0 heterocycles. The molecule has 0 aliphatic heterocycles. The number of amides is 2. The Hall–Kier alpha value is -4.05. The first kappa shape index (κ1) is 31.9. The summed E-state index contributed by atoms with van der Waals surface area (Å²) in [5.41, 5.74) is 1.62. The fourth-order valence-corrected chi connectivity index (χ4v) is 6.45. The number of hydrogen-bond donors (Lipinski definition) is 1. The lowest BCUT2D eigenvalue weighted by Gasteiger charge is -2.33. The second-order valence-corrected chi connectivity index (χ2v) is 12.3. The van der Waals surface area contributed by atoms with Crippen LogP contribution in [0.5, 0.6) is 5.75 Å². The summed E-state index contributed by atoms with van der Waals surface area (Å²) in [6, 6.07) is 27.3. The van der Waals surface area contributed by atoms with E-state index < -0.39 is 34.4 Å². The van der Waals surface area contributed by atoms with Crippen LogP contribution in [0, 0.1) is 0 Å². The summed E-state index contributed by atoms with van der Waals surface area (Å²) < 4.78 is 34.2. The smallest absolute Gasteiger partial charge is 0.264 e. The third kappa shape index (κ3) is 7.87. The summed E-state index contributed by atoms with van der Waals surface area (Å²) in [5.74, 6) is -0.497. The number of anilines is 1. The van der Waals surface area contributed by atoms with Crippen LogP contribution >= 0.6 is 23.2 Å². The SMILES string of the molecule is CNC(=O)[C@@H](Cc1ccccc1)N(Cc1ccc(Cl)cc1Cl)C(=O)CN(c1ccc(OC)cc1)S(=O)(=O)c1ccccc1. The molecule has 1 N–H and O–H groups in total. The highest BCUT2D eigenvalue weighted by Crippen LogP contribution is 2.28. The molecule has 0 saturated heterocycles. The van der Waals surface area contributed by atoms with Crippen LogP contribution < -0.4 is 14.4 Å². The Bertz CT molecular complexity index is 1650. The molecule has 0 aliphatic rings. The molecule has 4 aromatic carbocycles. The predicted octanol–water partition coefficient (Wildman–Crippen LogP) is 5.58. The molecule has 0 aromatic heterocycles. The van der Waals surface area contributed by atoms with Crippen molar-refractivity contribution < 1.29 is 22.7 Å². The number of halogens is 2. The number of sulfonamides is 1. The van der Waals surface area contributed by atoms with Crippen molar-refractivity contribution in [3.8, 4) is 5.75 Å². The molecule has 4 rings (SSSR count). The number of rotatable bonds is 12. The quantitative estimate of drug-likeness (QED) is 0.218. The third-order valence-electron chi connectivity index (χ3n) is 6.84. The average molecular weight is 641 g/mol. The highest BCUT2D eigenvalue weighted by atomic mass is 35.5. The number of ether oxygens (including phenoxy) is 1. The zero-order valence-electron chi connectivity index (χ0n) is 23.6. The lowest BCUT2D eigenvalue weighted by atomic mass is 10.0. The third-order valence-corrected chi connectivity index (χ3v) is 9.22. The largest absolute Gasteiger partial charge is 0.497 e. The second kappa shape index (κ2) is 14.4. The van der Waals surface area contributed by atoms with Crippen LogP contribution in [-0.2, 0) is 32.6 Å². The van der Waals surface area contributed by atoms with Crippen LogP contribution in [-0.4, -0.2) is 51.9 Å². The predicted molar refractivity (Wildman–Crippen MR) is 169 cm³/mol. The van der Waals surface area contributed by atoms with Crippen LogP contribution in [0.15, 0.2) is 108 Å². The van der Waals surface area contributed by atoms with E-state index in [2.05, 4.69) is 5.32 Å². The highest BCUT2D eigenvalue weighted by Gasteiger charge is 2.34. The Morgan fingerprint density at radius 3 is 2.09 bits per heavy atom. The number of methoxy groups -OCH3 is 1. The molecule has 0 radical (unpaired) electrons. The van der Waals surface area contributed by atoms with Gasteiger partial charge in [-0.2, -0.15) is 0 Å². The number of nitrogens with one attached hydrogen (secondary N) is 1. The Morgan fingerprint density at radius 1 is 0.884 bits per heavy atom. The van der Waals surface area contributed by atoms with Gasteiger partial charge in [0, 0.05) is 30.1 Å². The van der Waals surface area contributed by atoms with Gasteiger partial charge in [-0.3, -0.25) is 13.9 Å². The first-order valence-corrected chi connectivity index (χ1v) is 15.5. The van der Waals surface area contributed by atoms with Crippen LogP contribution in [0.4, 0.5) is 5.69 Å². The first-order chi connectivity index (χ1) is 20.6. The van der Waals surface area contributed by atoms with Gasteiger partial charge in [-0.05, 0) is 59.7 Å². The number of benzene rings is 4. The number of nitrogens with zero attached hydrogens (tertiary/aromatic N) is 2. The van der Waals surface area contributed by atoms with E-state index in [-0.39, 0.29) is 23.5 Å². The van der Waals surface area contributed by atoms with Crippen molar-refractivity contribution in [2.45, 2.75) is 23.9 Å². The van der Waals surface area contributed by atoms with E-state index in [1.165, 1.54) is 31.2 Å². The lowest BCUT2D eigenvalue weighted by molar-refractivity contribution is -0.139. The van der Waals surface area contributed by atoms with Gasteiger partial charge in [0.1, 0.15) is 18.3 Å². The molecule has 1 atom stereocenters. The van der Waals surface area contributed by atoms with Crippen LogP contribution in [0.2, 0.25) is 10.0 Å². The molecule has 0 aliphatic carbocycles. The van der Waals surface area contributed by atoms with Crippen molar-refractivity contribution in [3.05, 3.63) is 124 Å². The van der Waals surface area contributed by atoms with Crippen molar-refractivity contribution in [2.75, 3.05) is 25.0 Å². The van der Waals surface area contributed by atoms with E-state index >= 15 is 0 Å². The normalized spacial score (nSPS) is 11.8. The topological polar surface area (TPSA) is 96.0 Å². The summed E-state index contributed by atoms with van der Waals surface area (Å²) in [6.45, 7) is -0.654. The molecule has 0 spiro atoms. The monoisotopic (exact) mass is 639 g/mol. The first-order valence-electron chi connectivity index (χ1n) is 13.3. The highest BCUT2D eigenvalue weighted by molar-refractivity contribution is 7.92. The number of hydrogen-bond acceptors (Lipinski definition) is 5. The lowest BCUT2D eigenvalue weighted by Crippen LogP contribution is -2.53. The van der Waals surface area contributed by atoms with Gasteiger partial charge in [-0.1, -0.05) is 77.8 Å². The van der Waals surface area contributed by atoms with Gasteiger partial charge in [-0.25, -0.2) is 8.42 Å². The summed E-state index contributed by atoms with van der Waals surface area (Å²) in [5, 5.41) is 3.38. The van der Waals surface area contributed by atoms with Gasteiger partial charge in [0.25, 0.3) is 10.0 Å². The standard InChI is InChI=1S/C32H31Cl2N3O5S/c1-35-32(39)30(19-23-9-5-3-6-10-23)36(21-24-13-14-25(33)20-29(24)34)31(38)22-37(26-15-17-27(42-2)18-16-26)43(40,41)28-11-7-4-8-12-28/h3-18,20,30H,19,21-22H2,1-2H3,(H,35,39)/t30-/m1/s1. The minimum absolute atomic E-state index is 0.0121. The van der Waals surface area contributed by atoms with Gasteiger partial charge in [-0.15, -0.1) is 0 Å². The summed E-state index contributed by atoms with van der Waals surface area (Å²) >= 11 is 12.6. The van der Waals surface area contributed by atoms with Gasteiger partial charge >= 0.3 is 0 Å². The molecule has 224 valence electrons. The van der Waals surface area contributed by atoms with Crippen molar-refractivity contribution in [3.63, 3.8) is 0 Å². The Labute approximate surface area is 261 Å². The van der Waals surface area contributed by atoms with Crippen LogP contribution in [0.25, 0.3) is 0 Å². The molecule has 4 aromatic rings.